The minimum atomic E-state index is -0.372. The summed E-state index contributed by atoms with van der Waals surface area (Å²) in [6.45, 7) is 6.18. The van der Waals surface area contributed by atoms with E-state index >= 15 is 0 Å². The number of rotatable bonds is 3. The third kappa shape index (κ3) is 2.63. The molecule has 0 saturated carbocycles. The molecule has 0 spiro atoms. The molecular formula is C19H23N5O3. The lowest BCUT2D eigenvalue weighted by atomic mass is 10.1. The smallest absolute Gasteiger partial charge is 0.332 e. The highest BCUT2D eigenvalue weighted by atomic mass is 16.5. The number of aromatic nitrogens is 4. The first-order chi connectivity index (χ1) is 12.9. The van der Waals surface area contributed by atoms with Crippen LogP contribution in [0.1, 0.15) is 13.8 Å². The minimum Gasteiger partial charge on any atom is -0.494 e. The standard InChI is InChI=1S/C19H23N5O3/c1-5-27-14-8-6-13(7-9-14)23-10-12(2)11-24-15-16(20-18(23)24)21(3)19(26)22(4)17(15)25/h6-9,12H,5,10-11H2,1-4H3/t12-/m1/s1. The Hall–Kier alpha value is -3.03. The number of benzene rings is 1. The number of hydrogen-bond acceptors (Lipinski definition) is 5. The number of imidazole rings is 1. The van der Waals surface area contributed by atoms with Crippen molar-refractivity contribution in [2.24, 2.45) is 20.0 Å². The van der Waals surface area contributed by atoms with Gasteiger partial charge in [0.1, 0.15) is 5.75 Å². The maximum Gasteiger partial charge on any atom is 0.332 e. The van der Waals surface area contributed by atoms with Gasteiger partial charge in [0.15, 0.2) is 11.2 Å². The van der Waals surface area contributed by atoms with Gasteiger partial charge in [-0.2, -0.15) is 4.98 Å². The molecule has 142 valence electrons. The van der Waals surface area contributed by atoms with Crippen LogP contribution in [0, 0.1) is 5.92 Å². The Morgan fingerprint density at radius 1 is 1.11 bits per heavy atom. The van der Waals surface area contributed by atoms with Crippen molar-refractivity contribution in [3.05, 3.63) is 45.1 Å². The highest BCUT2D eigenvalue weighted by molar-refractivity contribution is 5.77. The average Bonchev–Trinajstić information content (AvgIpc) is 3.04. The van der Waals surface area contributed by atoms with Gasteiger partial charge in [0.2, 0.25) is 5.95 Å². The van der Waals surface area contributed by atoms with E-state index in [1.54, 1.807) is 7.05 Å². The minimum absolute atomic E-state index is 0.312. The Labute approximate surface area is 156 Å². The molecule has 3 heterocycles. The van der Waals surface area contributed by atoms with Gasteiger partial charge in [-0.05, 0) is 37.1 Å². The van der Waals surface area contributed by atoms with Crippen molar-refractivity contribution in [3.63, 3.8) is 0 Å². The molecule has 1 aliphatic rings. The molecule has 8 nitrogen and oxygen atoms in total. The quantitative estimate of drug-likeness (QED) is 0.701. The van der Waals surface area contributed by atoms with Crippen LogP contribution in [-0.4, -0.2) is 31.8 Å². The fourth-order valence-electron chi connectivity index (χ4n) is 3.69. The Bertz CT molecular complexity index is 1120. The van der Waals surface area contributed by atoms with E-state index in [1.165, 1.54) is 11.6 Å². The first kappa shape index (κ1) is 17.4. The predicted octanol–water partition coefficient (Wildman–Crippen LogP) is 1.62. The molecule has 2 aromatic heterocycles. The second-order valence-corrected chi connectivity index (χ2v) is 7.04. The maximum absolute atomic E-state index is 12.8. The van der Waals surface area contributed by atoms with E-state index in [0.29, 0.717) is 36.2 Å². The summed E-state index contributed by atoms with van der Waals surface area (Å²) in [5.41, 5.74) is 1.18. The predicted molar refractivity (Wildman–Crippen MR) is 104 cm³/mol. The van der Waals surface area contributed by atoms with E-state index in [9.17, 15) is 9.59 Å². The molecule has 1 aliphatic heterocycles. The average molecular weight is 369 g/mol. The third-order valence-corrected chi connectivity index (χ3v) is 5.02. The van der Waals surface area contributed by atoms with E-state index in [0.717, 1.165) is 22.5 Å². The highest BCUT2D eigenvalue weighted by Crippen LogP contribution is 2.33. The molecule has 0 aliphatic carbocycles. The summed E-state index contributed by atoms with van der Waals surface area (Å²) >= 11 is 0. The van der Waals surface area contributed by atoms with Gasteiger partial charge in [-0.15, -0.1) is 0 Å². The SMILES string of the molecule is CCOc1ccc(N2C[C@@H](C)Cn3c2nc2c3c(=O)n(C)c(=O)n2C)cc1. The second kappa shape index (κ2) is 6.29. The van der Waals surface area contributed by atoms with Crippen LogP contribution in [0.2, 0.25) is 0 Å². The van der Waals surface area contributed by atoms with Crippen molar-refractivity contribution < 1.29 is 4.74 Å². The fraction of sp³-hybridized carbons (Fsp3) is 0.421. The highest BCUT2D eigenvalue weighted by Gasteiger charge is 2.29. The topological polar surface area (TPSA) is 74.3 Å². The zero-order valence-corrected chi connectivity index (χ0v) is 16.0. The lowest BCUT2D eigenvalue weighted by Gasteiger charge is -2.33. The van der Waals surface area contributed by atoms with Crippen molar-refractivity contribution in [1.82, 2.24) is 18.7 Å². The maximum atomic E-state index is 12.8. The zero-order chi connectivity index (χ0) is 19.3. The van der Waals surface area contributed by atoms with E-state index in [4.69, 9.17) is 4.74 Å². The van der Waals surface area contributed by atoms with Crippen LogP contribution in [-0.2, 0) is 20.6 Å². The molecule has 0 radical (unpaired) electrons. The van der Waals surface area contributed by atoms with E-state index < -0.39 is 0 Å². The summed E-state index contributed by atoms with van der Waals surface area (Å²) in [5.74, 6) is 1.82. The van der Waals surface area contributed by atoms with Gasteiger partial charge >= 0.3 is 5.69 Å². The van der Waals surface area contributed by atoms with Gasteiger partial charge in [-0.25, -0.2) is 4.79 Å². The van der Waals surface area contributed by atoms with Gasteiger partial charge in [0, 0.05) is 32.9 Å². The Kier molecular flexibility index (Phi) is 4.05. The van der Waals surface area contributed by atoms with Gasteiger partial charge < -0.3 is 14.2 Å². The van der Waals surface area contributed by atoms with Crippen molar-refractivity contribution in [2.45, 2.75) is 20.4 Å². The number of aryl methyl sites for hydroxylation is 1. The molecule has 8 heteroatoms. The lowest BCUT2D eigenvalue weighted by molar-refractivity contribution is 0.340. The Morgan fingerprint density at radius 3 is 2.48 bits per heavy atom. The van der Waals surface area contributed by atoms with E-state index in [-0.39, 0.29) is 11.2 Å². The molecule has 3 aromatic rings. The number of nitrogens with zero attached hydrogens (tertiary/aromatic N) is 5. The largest absolute Gasteiger partial charge is 0.494 e. The van der Waals surface area contributed by atoms with E-state index in [1.807, 2.05) is 35.8 Å². The summed E-state index contributed by atoms with van der Waals surface area (Å²) in [7, 11) is 3.15. The van der Waals surface area contributed by atoms with Crippen LogP contribution in [0.15, 0.2) is 33.9 Å². The number of hydrogen-bond donors (Lipinski definition) is 0. The Balaban J connectivity index is 1.92. The van der Waals surface area contributed by atoms with Crippen LogP contribution in [0.4, 0.5) is 11.6 Å². The van der Waals surface area contributed by atoms with Crippen LogP contribution in [0.3, 0.4) is 0 Å². The van der Waals surface area contributed by atoms with Gasteiger partial charge in [0.25, 0.3) is 5.56 Å². The molecule has 0 bridgehead atoms. The second-order valence-electron chi connectivity index (χ2n) is 7.04. The molecule has 0 saturated heterocycles. The molecule has 1 aromatic carbocycles. The summed E-state index contributed by atoms with van der Waals surface area (Å²) in [4.78, 5) is 31.8. The summed E-state index contributed by atoms with van der Waals surface area (Å²) in [6, 6.07) is 7.84. The number of ether oxygens (including phenoxy) is 1. The molecule has 0 amide bonds. The van der Waals surface area contributed by atoms with Gasteiger partial charge in [-0.1, -0.05) is 6.92 Å². The molecule has 0 N–H and O–H groups in total. The molecule has 0 fully saturated rings. The van der Waals surface area contributed by atoms with Crippen molar-refractivity contribution in [3.8, 4) is 5.75 Å². The van der Waals surface area contributed by atoms with Crippen LogP contribution >= 0.6 is 0 Å². The van der Waals surface area contributed by atoms with Crippen molar-refractivity contribution in [1.29, 1.82) is 0 Å². The van der Waals surface area contributed by atoms with Crippen LogP contribution in [0.25, 0.3) is 11.2 Å². The summed E-state index contributed by atoms with van der Waals surface area (Å²) < 4.78 is 10.0. The molecule has 0 unspecified atom stereocenters. The lowest BCUT2D eigenvalue weighted by Crippen LogP contribution is -2.38. The Morgan fingerprint density at radius 2 is 1.81 bits per heavy atom. The van der Waals surface area contributed by atoms with Crippen LogP contribution < -0.4 is 20.9 Å². The van der Waals surface area contributed by atoms with Crippen LogP contribution in [0.5, 0.6) is 5.75 Å². The molecule has 27 heavy (non-hydrogen) atoms. The third-order valence-electron chi connectivity index (χ3n) is 5.02. The van der Waals surface area contributed by atoms with Gasteiger partial charge in [-0.3, -0.25) is 13.9 Å². The number of fused-ring (bicyclic) bond motifs is 3. The van der Waals surface area contributed by atoms with Gasteiger partial charge in [0.05, 0.1) is 6.61 Å². The zero-order valence-electron chi connectivity index (χ0n) is 16.0. The molecule has 4 rings (SSSR count). The summed E-state index contributed by atoms with van der Waals surface area (Å²) in [5, 5.41) is 0. The fourth-order valence-corrected chi connectivity index (χ4v) is 3.69. The van der Waals surface area contributed by atoms with Crippen molar-refractivity contribution >= 4 is 22.8 Å². The number of anilines is 2. The van der Waals surface area contributed by atoms with Crippen molar-refractivity contribution in [2.75, 3.05) is 18.1 Å². The first-order valence-corrected chi connectivity index (χ1v) is 9.09. The molecular weight excluding hydrogens is 346 g/mol. The first-order valence-electron chi connectivity index (χ1n) is 9.09. The summed E-state index contributed by atoms with van der Waals surface area (Å²) in [6.07, 6.45) is 0. The normalized spacial score (nSPS) is 16.6. The molecule has 1 atom stereocenters. The van der Waals surface area contributed by atoms with E-state index in [2.05, 4.69) is 16.8 Å². The monoisotopic (exact) mass is 369 g/mol.